The van der Waals surface area contributed by atoms with Gasteiger partial charge in [-0.1, -0.05) is 99.6 Å². The van der Waals surface area contributed by atoms with Crippen LogP contribution in [0.3, 0.4) is 0 Å². The van der Waals surface area contributed by atoms with E-state index in [1.807, 2.05) is 6.20 Å². The summed E-state index contributed by atoms with van der Waals surface area (Å²) in [4.78, 5) is 9.90. The Morgan fingerprint density at radius 1 is 0.574 bits per heavy atom. The lowest BCUT2D eigenvalue weighted by Gasteiger charge is -2.57. The molecule has 13 rings (SSSR count). The first-order chi connectivity index (χ1) is 29.8. The summed E-state index contributed by atoms with van der Waals surface area (Å²) in [7, 11) is 0. The smallest absolute Gasteiger partial charge is 0.137 e. The highest BCUT2D eigenvalue weighted by Crippen LogP contribution is 2.61. The summed E-state index contributed by atoms with van der Waals surface area (Å²) >= 11 is 0. The molecule has 0 unspecified atom stereocenters. The topological polar surface area (TPSA) is 33.5 Å². The van der Waals surface area contributed by atoms with Gasteiger partial charge in [0.2, 0.25) is 0 Å². The van der Waals surface area contributed by atoms with Gasteiger partial charge in [-0.05, 0) is 144 Å². The van der Waals surface area contributed by atoms with Crippen LogP contribution in [-0.2, 0) is 10.8 Å². The molecule has 0 amide bonds. The number of rotatable bonds is 7. The van der Waals surface area contributed by atoms with E-state index < -0.39 is 0 Å². The van der Waals surface area contributed by atoms with Crippen LogP contribution in [0.25, 0.3) is 38.8 Å². The summed E-state index contributed by atoms with van der Waals surface area (Å²) < 4.78 is 9.07. The van der Waals surface area contributed by atoms with E-state index in [4.69, 9.17) is 9.72 Å². The average molecular weight is 797 g/mol. The van der Waals surface area contributed by atoms with E-state index in [9.17, 15) is 0 Å². The Morgan fingerprint density at radius 3 is 2.03 bits per heavy atom. The van der Waals surface area contributed by atoms with E-state index in [0.29, 0.717) is 12.1 Å². The number of para-hydroxylation sites is 3. The van der Waals surface area contributed by atoms with Gasteiger partial charge in [-0.25, -0.2) is 4.98 Å². The minimum absolute atomic E-state index is 0.00488. The van der Waals surface area contributed by atoms with E-state index >= 15 is 0 Å². The van der Waals surface area contributed by atoms with Gasteiger partial charge in [0.1, 0.15) is 24.0 Å². The zero-order valence-electron chi connectivity index (χ0n) is 35.4. The Labute approximate surface area is 359 Å². The molecule has 0 N–H and O–H groups in total. The maximum absolute atomic E-state index is 6.79. The first kappa shape index (κ1) is 36.5. The molecule has 3 heterocycles. The number of aromatic nitrogens is 2. The third-order valence-corrected chi connectivity index (χ3v) is 14.6. The van der Waals surface area contributed by atoms with E-state index in [1.165, 1.54) is 83.0 Å². The van der Waals surface area contributed by atoms with Crippen LogP contribution in [0.1, 0.15) is 70.4 Å². The maximum atomic E-state index is 6.79. The quantitative estimate of drug-likeness (QED) is 0.161. The van der Waals surface area contributed by atoms with Crippen molar-refractivity contribution in [3.8, 4) is 28.4 Å². The van der Waals surface area contributed by atoms with Crippen molar-refractivity contribution in [1.29, 1.82) is 0 Å². The highest BCUT2D eigenvalue weighted by atomic mass is 16.5. The molecule has 0 radical (unpaired) electrons. The van der Waals surface area contributed by atoms with E-state index in [0.717, 1.165) is 51.8 Å². The maximum Gasteiger partial charge on any atom is 0.137 e. The third-order valence-electron chi connectivity index (χ3n) is 14.6. The molecular formula is C56H52N4O. The van der Waals surface area contributed by atoms with Crippen molar-refractivity contribution in [2.75, 3.05) is 16.5 Å². The second kappa shape index (κ2) is 13.9. The standard InChI is InChI=1S/C56H52N4O/c1-55(2,3)41-24-25-57-54(30-41)60-49-17-8-7-16-47(49)48-23-21-45(32-53(48)60)61-44-15-11-14-43(31-44)58-36-59(51-19-10-9-18-50(51)58)52-29-42(20-22-46(52)40-12-5-4-6-13-40)56-33-37-26-38(34-56)28-39(27-37)35-56/h4-25,29-32,37-39H,26-28,33-36H2,1-3H3. The second-order valence-electron chi connectivity index (χ2n) is 19.6. The van der Waals surface area contributed by atoms with Crippen molar-refractivity contribution >= 4 is 44.6 Å². The van der Waals surface area contributed by atoms with Crippen molar-refractivity contribution in [1.82, 2.24) is 9.55 Å². The monoisotopic (exact) mass is 796 g/mol. The Bertz CT molecular complexity index is 2940. The molecular weight excluding hydrogens is 745 g/mol. The highest BCUT2D eigenvalue weighted by Gasteiger charge is 2.51. The summed E-state index contributed by atoms with van der Waals surface area (Å²) in [5, 5.41) is 2.38. The lowest BCUT2D eigenvalue weighted by molar-refractivity contribution is -0.00516. The fourth-order valence-electron chi connectivity index (χ4n) is 12.2. The van der Waals surface area contributed by atoms with Crippen LogP contribution in [0, 0.1) is 17.8 Å². The van der Waals surface area contributed by atoms with Gasteiger partial charge < -0.3 is 14.5 Å². The van der Waals surface area contributed by atoms with Crippen molar-refractivity contribution in [3.05, 3.63) is 169 Å². The summed E-state index contributed by atoms with van der Waals surface area (Å²) in [6.07, 6.45) is 10.4. The molecule has 4 bridgehead atoms. The lowest BCUT2D eigenvalue weighted by Crippen LogP contribution is -2.48. The van der Waals surface area contributed by atoms with Crippen LogP contribution < -0.4 is 14.5 Å². The molecule has 5 nitrogen and oxygen atoms in total. The molecule has 4 aliphatic carbocycles. The van der Waals surface area contributed by atoms with Crippen LogP contribution in [-0.4, -0.2) is 16.2 Å². The molecule has 1 aliphatic heterocycles. The SMILES string of the molecule is CC(C)(C)c1ccnc(-n2c3ccccc3c3ccc(Oc4cccc(N5CN(c6cc(C78CC9CC(CC(C9)C7)C8)ccc6-c6ccccc6)c6ccccc65)c4)cc32)c1. The summed E-state index contributed by atoms with van der Waals surface area (Å²) in [5.74, 6) is 5.20. The molecule has 0 spiro atoms. The van der Waals surface area contributed by atoms with E-state index in [2.05, 4.69) is 187 Å². The molecule has 0 saturated heterocycles. The Balaban J connectivity index is 0.905. The van der Waals surface area contributed by atoms with Gasteiger partial charge in [-0.15, -0.1) is 0 Å². The molecule has 4 fully saturated rings. The zero-order chi connectivity index (χ0) is 40.9. The number of hydrogen-bond acceptors (Lipinski definition) is 4. The third kappa shape index (κ3) is 6.15. The minimum Gasteiger partial charge on any atom is -0.457 e. The molecule has 4 saturated carbocycles. The van der Waals surface area contributed by atoms with Crippen LogP contribution in [0.2, 0.25) is 0 Å². The fourth-order valence-corrected chi connectivity index (χ4v) is 12.2. The lowest BCUT2D eigenvalue weighted by atomic mass is 9.48. The Kier molecular flexibility index (Phi) is 8.29. The number of pyridine rings is 1. The number of hydrogen-bond donors (Lipinski definition) is 0. The van der Waals surface area contributed by atoms with Gasteiger partial charge in [0.25, 0.3) is 0 Å². The molecule has 302 valence electrons. The van der Waals surface area contributed by atoms with Crippen molar-refractivity contribution < 1.29 is 4.74 Å². The minimum atomic E-state index is 0.00488. The first-order valence-corrected chi connectivity index (χ1v) is 22.4. The van der Waals surface area contributed by atoms with Crippen LogP contribution in [0.4, 0.5) is 22.7 Å². The molecule has 5 aliphatic rings. The Morgan fingerprint density at radius 2 is 1.26 bits per heavy atom. The molecule has 8 aromatic rings. The largest absolute Gasteiger partial charge is 0.457 e. The summed E-state index contributed by atoms with van der Waals surface area (Å²) in [6.45, 7) is 7.46. The molecule has 5 heteroatoms. The normalized spacial score (nSPS) is 21.7. The summed E-state index contributed by atoms with van der Waals surface area (Å²) in [5.41, 5.74) is 12.7. The molecule has 2 aromatic heterocycles. The van der Waals surface area contributed by atoms with Gasteiger partial charge in [-0.2, -0.15) is 0 Å². The average Bonchev–Trinajstić information content (AvgIpc) is 3.82. The van der Waals surface area contributed by atoms with Crippen molar-refractivity contribution in [2.24, 2.45) is 17.8 Å². The van der Waals surface area contributed by atoms with Gasteiger partial charge in [-0.3, -0.25) is 4.57 Å². The molecule has 6 aromatic carbocycles. The number of nitrogens with zero attached hydrogens (tertiary/aromatic N) is 4. The zero-order valence-corrected chi connectivity index (χ0v) is 35.4. The van der Waals surface area contributed by atoms with Gasteiger partial charge in [0.05, 0.1) is 28.1 Å². The van der Waals surface area contributed by atoms with E-state index in [1.54, 1.807) is 5.56 Å². The van der Waals surface area contributed by atoms with Gasteiger partial charge in [0.15, 0.2) is 0 Å². The predicted octanol–water partition coefficient (Wildman–Crippen LogP) is 14.7. The summed E-state index contributed by atoms with van der Waals surface area (Å²) in [6, 6.07) is 55.4. The number of benzene rings is 6. The number of fused-ring (bicyclic) bond motifs is 4. The molecule has 0 atom stereocenters. The van der Waals surface area contributed by atoms with Crippen LogP contribution >= 0.6 is 0 Å². The van der Waals surface area contributed by atoms with E-state index in [-0.39, 0.29) is 5.41 Å². The Hall–Kier alpha value is -6.33. The van der Waals surface area contributed by atoms with Crippen molar-refractivity contribution in [2.45, 2.75) is 70.1 Å². The predicted molar refractivity (Wildman–Crippen MR) is 251 cm³/mol. The highest BCUT2D eigenvalue weighted by molar-refractivity contribution is 6.09. The van der Waals surface area contributed by atoms with Gasteiger partial charge >= 0.3 is 0 Å². The fraction of sp³-hybridized carbons (Fsp3) is 0.268. The van der Waals surface area contributed by atoms with Crippen LogP contribution in [0.15, 0.2) is 158 Å². The number of anilines is 4. The number of ether oxygens (including phenoxy) is 1. The van der Waals surface area contributed by atoms with Crippen LogP contribution in [0.5, 0.6) is 11.5 Å². The molecule has 61 heavy (non-hydrogen) atoms. The van der Waals surface area contributed by atoms with Gasteiger partial charge in [0, 0.05) is 40.4 Å². The van der Waals surface area contributed by atoms with Crippen molar-refractivity contribution in [3.63, 3.8) is 0 Å². The second-order valence-corrected chi connectivity index (χ2v) is 19.6. The first-order valence-electron chi connectivity index (χ1n) is 22.4.